The highest BCUT2D eigenvalue weighted by atomic mass is 31.2. The van der Waals surface area contributed by atoms with Gasteiger partial charge in [-0.25, -0.2) is 4.79 Å². The van der Waals surface area contributed by atoms with Crippen molar-refractivity contribution in [2.24, 2.45) is 0 Å². The van der Waals surface area contributed by atoms with Gasteiger partial charge in [0, 0.05) is 10.6 Å². The third-order valence-corrected chi connectivity index (χ3v) is 9.16. The number of hydrogen-bond acceptors (Lipinski definition) is 7. The zero-order valence-corrected chi connectivity index (χ0v) is 21.2. The summed E-state index contributed by atoms with van der Waals surface area (Å²) in [5.74, 6) is -1.43. The number of nitrogens with zero attached hydrogens (tertiary/aromatic N) is 1. The van der Waals surface area contributed by atoms with E-state index in [0.717, 1.165) is 0 Å². The molecule has 0 aliphatic rings. The minimum Gasteiger partial charge on any atom is -0.493 e. The van der Waals surface area contributed by atoms with Crippen LogP contribution in [0.1, 0.15) is 18.3 Å². The first-order chi connectivity index (χ1) is 16.9. The molecule has 3 aromatic carbocycles. The molecular formula is C27H30NO6P. The van der Waals surface area contributed by atoms with Crippen LogP contribution in [-0.2, 0) is 18.9 Å². The second-order valence-electron chi connectivity index (χ2n) is 7.88. The maximum absolute atomic E-state index is 15.2. The first kappa shape index (κ1) is 26.2. The lowest BCUT2D eigenvalue weighted by atomic mass is 10.1. The van der Waals surface area contributed by atoms with Crippen molar-refractivity contribution in [2.75, 3.05) is 34.4 Å². The largest absolute Gasteiger partial charge is 0.493 e. The van der Waals surface area contributed by atoms with Gasteiger partial charge in [-0.2, -0.15) is 0 Å². The van der Waals surface area contributed by atoms with Crippen LogP contribution in [-0.4, -0.2) is 51.1 Å². The predicted octanol–water partition coefficient (Wildman–Crippen LogP) is 3.78. The summed E-state index contributed by atoms with van der Waals surface area (Å²) in [5.41, 5.74) is 0.651. The molecule has 0 aliphatic carbocycles. The summed E-state index contributed by atoms with van der Waals surface area (Å²) >= 11 is 0. The number of ether oxygens (including phenoxy) is 3. The van der Waals surface area contributed by atoms with Gasteiger partial charge >= 0.3 is 5.97 Å². The monoisotopic (exact) mass is 495 g/mol. The van der Waals surface area contributed by atoms with Gasteiger partial charge in [-0.05, 0) is 31.7 Å². The number of methoxy groups -OCH3 is 2. The molecule has 184 valence electrons. The summed E-state index contributed by atoms with van der Waals surface area (Å²) in [6.07, 6.45) is 0. The van der Waals surface area contributed by atoms with E-state index >= 15 is 4.57 Å². The van der Waals surface area contributed by atoms with E-state index in [1.165, 1.54) is 14.2 Å². The van der Waals surface area contributed by atoms with E-state index in [0.29, 0.717) is 27.7 Å². The zero-order valence-electron chi connectivity index (χ0n) is 20.3. The van der Waals surface area contributed by atoms with E-state index < -0.39 is 24.7 Å². The molecule has 0 fully saturated rings. The first-order valence-corrected chi connectivity index (χ1v) is 13.0. The van der Waals surface area contributed by atoms with Gasteiger partial charge in [-0.15, -0.1) is 0 Å². The third kappa shape index (κ3) is 5.64. The zero-order chi connectivity index (χ0) is 25.4. The topological polar surface area (TPSA) is 82.1 Å². The fourth-order valence-corrected chi connectivity index (χ4v) is 7.39. The number of rotatable bonds is 11. The molecule has 1 atom stereocenters. The van der Waals surface area contributed by atoms with Crippen LogP contribution in [0.15, 0.2) is 78.9 Å². The van der Waals surface area contributed by atoms with E-state index in [4.69, 9.17) is 14.2 Å². The van der Waals surface area contributed by atoms with E-state index in [9.17, 15) is 9.59 Å². The van der Waals surface area contributed by atoms with Crippen molar-refractivity contribution in [2.45, 2.75) is 12.7 Å². The number of likely N-dealkylation sites (N-methyl/N-ethyl adjacent to an activating group) is 1. The van der Waals surface area contributed by atoms with Gasteiger partial charge in [-0.1, -0.05) is 66.7 Å². The molecule has 0 aromatic heterocycles. The molecule has 0 aliphatic heterocycles. The molecule has 35 heavy (non-hydrogen) atoms. The Bertz CT molecular complexity index is 1160. The fourth-order valence-electron chi connectivity index (χ4n) is 4.07. The van der Waals surface area contributed by atoms with Gasteiger partial charge in [-0.3, -0.25) is 9.69 Å². The number of carbonyl (C=O) groups is 2. The quantitative estimate of drug-likeness (QED) is 0.228. The molecule has 3 rings (SSSR count). The van der Waals surface area contributed by atoms with Crippen LogP contribution >= 0.6 is 7.14 Å². The number of carbonyl (C=O) groups excluding carboxylic acids is 2. The summed E-state index contributed by atoms with van der Waals surface area (Å²) in [6, 6.07) is 23.6. The first-order valence-electron chi connectivity index (χ1n) is 11.2. The third-order valence-electron chi connectivity index (χ3n) is 5.64. The maximum atomic E-state index is 15.2. The van der Waals surface area contributed by atoms with Gasteiger partial charge in [0.1, 0.15) is 0 Å². The molecule has 8 heteroatoms. The molecule has 0 N–H and O–H groups in total. The Labute approximate surface area is 206 Å². The van der Waals surface area contributed by atoms with E-state index in [2.05, 4.69) is 0 Å². The maximum Gasteiger partial charge on any atom is 0.375 e. The number of benzene rings is 3. The van der Waals surface area contributed by atoms with Gasteiger partial charge in [0.15, 0.2) is 18.6 Å². The lowest BCUT2D eigenvalue weighted by molar-refractivity contribution is -0.153. The molecular weight excluding hydrogens is 465 g/mol. The average Bonchev–Trinajstić information content (AvgIpc) is 2.89. The molecule has 7 nitrogen and oxygen atoms in total. The van der Waals surface area contributed by atoms with Gasteiger partial charge < -0.3 is 18.8 Å². The lowest BCUT2D eigenvalue weighted by Crippen LogP contribution is -2.37. The van der Waals surface area contributed by atoms with Crippen LogP contribution in [0.4, 0.5) is 0 Å². The normalized spacial score (nSPS) is 12.1. The molecule has 0 bridgehead atoms. The summed E-state index contributed by atoms with van der Waals surface area (Å²) in [5, 5.41) is 1.25. The van der Waals surface area contributed by atoms with Crippen molar-refractivity contribution < 1.29 is 28.4 Å². The molecule has 0 amide bonds. The highest BCUT2D eigenvalue weighted by Crippen LogP contribution is 2.58. The van der Waals surface area contributed by atoms with Gasteiger partial charge in [0.05, 0.1) is 33.2 Å². The molecule has 0 saturated heterocycles. The fraction of sp³-hybridized carbons (Fsp3) is 0.259. The number of Topliss-reactive ketones (excluding diaryl/α,β-unsaturated/α-hetero) is 1. The summed E-state index contributed by atoms with van der Waals surface area (Å²) in [7, 11) is 1.30. The Kier molecular flexibility index (Phi) is 8.85. The molecule has 0 spiro atoms. The molecule has 3 aromatic rings. The Balaban J connectivity index is 2.23. The second kappa shape index (κ2) is 11.8. The van der Waals surface area contributed by atoms with Crippen LogP contribution in [0, 0.1) is 0 Å². The Hall–Kier alpha value is -3.41. The average molecular weight is 496 g/mol. The highest BCUT2D eigenvalue weighted by molar-refractivity contribution is 7.79. The van der Waals surface area contributed by atoms with Gasteiger partial charge in [0.25, 0.3) is 5.78 Å². The lowest BCUT2D eigenvalue weighted by Gasteiger charge is -2.35. The highest BCUT2D eigenvalue weighted by Gasteiger charge is 2.41. The Morgan fingerprint density at radius 2 is 1.40 bits per heavy atom. The van der Waals surface area contributed by atoms with Crippen molar-refractivity contribution in [1.82, 2.24) is 4.90 Å². The Morgan fingerprint density at radius 3 is 1.89 bits per heavy atom. The SMILES string of the molecule is CCOC(=O)C(=O)CN(C)C(c1ccc(OC)c(OC)c1)P(=O)(c1ccccc1)c1ccccc1. The minimum absolute atomic E-state index is 0.0971. The van der Waals surface area contributed by atoms with E-state index in [1.807, 2.05) is 60.7 Å². The number of ketones is 1. The number of esters is 1. The summed E-state index contributed by atoms with van der Waals surface area (Å²) in [4.78, 5) is 26.4. The Morgan fingerprint density at radius 1 is 0.857 bits per heavy atom. The smallest absolute Gasteiger partial charge is 0.375 e. The van der Waals surface area contributed by atoms with Crippen LogP contribution in [0.5, 0.6) is 11.5 Å². The van der Waals surface area contributed by atoms with Gasteiger partial charge in [0.2, 0.25) is 0 Å². The van der Waals surface area contributed by atoms with E-state index in [-0.39, 0.29) is 13.2 Å². The van der Waals surface area contributed by atoms with Crippen LogP contribution in [0.3, 0.4) is 0 Å². The van der Waals surface area contributed by atoms with Crippen molar-refractivity contribution in [3.63, 3.8) is 0 Å². The van der Waals surface area contributed by atoms with Crippen molar-refractivity contribution in [3.05, 3.63) is 84.4 Å². The van der Waals surface area contributed by atoms with Crippen LogP contribution in [0.25, 0.3) is 0 Å². The molecule has 0 radical (unpaired) electrons. The second-order valence-corrected chi connectivity index (χ2v) is 10.7. The standard InChI is InChI=1S/C27H30NO6P/c1-5-34-27(30)23(29)19-28(2)26(20-16-17-24(32-3)25(18-20)33-4)35(31,21-12-8-6-9-13-21)22-14-10-7-11-15-22/h6-18,26H,5,19H2,1-4H3. The molecule has 0 heterocycles. The number of hydrogen-bond donors (Lipinski definition) is 0. The van der Waals surface area contributed by atoms with Crippen LogP contribution < -0.4 is 20.1 Å². The molecule has 0 saturated carbocycles. The van der Waals surface area contributed by atoms with Crippen molar-refractivity contribution >= 4 is 29.5 Å². The van der Waals surface area contributed by atoms with E-state index in [1.54, 1.807) is 37.1 Å². The predicted molar refractivity (Wildman–Crippen MR) is 136 cm³/mol. The minimum atomic E-state index is -3.44. The van der Waals surface area contributed by atoms with Crippen molar-refractivity contribution in [1.29, 1.82) is 0 Å². The van der Waals surface area contributed by atoms with Crippen molar-refractivity contribution in [3.8, 4) is 11.5 Å². The summed E-state index contributed by atoms with van der Waals surface area (Å²) < 4.78 is 31.0. The molecule has 1 unspecified atom stereocenters. The summed E-state index contributed by atoms with van der Waals surface area (Å²) in [6.45, 7) is 1.46. The van der Waals surface area contributed by atoms with Crippen LogP contribution in [0.2, 0.25) is 0 Å².